The molecule has 1 atom stereocenters. The van der Waals surface area contributed by atoms with Crippen LogP contribution in [0.2, 0.25) is 0 Å². The summed E-state index contributed by atoms with van der Waals surface area (Å²) in [6.07, 6.45) is -1.48. The second-order valence-electron chi connectivity index (χ2n) is 2.99. The van der Waals surface area contributed by atoms with E-state index in [0.717, 1.165) is 0 Å². The fourth-order valence-electron chi connectivity index (χ4n) is 0.981. The van der Waals surface area contributed by atoms with E-state index in [9.17, 15) is 9.59 Å². The number of hydrogen-bond donors (Lipinski definition) is 2. The monoisotopic (exact) mass is 229 g/mol. The number of amides is 1. The molecule has 0 aliphatic heterocycles. The van der Waals surface area contributed by atoms with Crippen molar-refractivity contribution in [1.82, 2.24) is 15.6 Å². The molecule has 1 aromatic rings. The molecule has 0 aliphatic rings. The molecule has 0 saturated heterocycles. The first kappa shape index (κ1) is 12.1. The van der Waals surface area contributed by atoms with Crippen molar-refractivity contribution in [3.05, 3.63) is 11.4 Å². The number of carbonyl (C=O) groups is 2. The van der Waals surface area contributed by atoms with Gasteiger partial charge in [0.1, 0.15) is 11.4 Å². The number of nitrogens with zero attached hydrogens (tertiary/aromatic N) is 2. The van der Waals surface area contributed by atoms with E-state index in [0.29, 0.717) is 11.4 Å². The third kappa shape index (κ3) is 3.02. The van der Waals surface area contributed by atoms with Crippen molar-refractivity contribution in [3.8, 4) is 0 Å². The quantitative estimate of drug-likeness (QED) is 0.628. The number of ether oxygens (including phenoxy) is 1. The lowest BCUT2D eigenvalue weighted by atomic mass is 10.2. The maximum absolute atomic E-state index is 11.4. The highest BCUT2D eigenvalue weighted by atomic mass is 16.6. The molecule has 0 aromatic carbocycles. The molecule has 2 N–H and O–H groups in total. The Hall–Kier alpha value is -1.96. The Labute approximate surface area is 90.5 Å². The van der Waals surface area contributed by atoms with E-state index < -0.39 is 18.1 Å². The van der Waals surface area contributed by atoms with E-state index >= 15 is 0 Å². The second kappa shape index (κ2) is 5.21. The van der Waals surface area contributed by atoms with Crippen LogP contribution in [0.5, 0.6) is 0 Å². The van der Waals surface area contributed by atoms with Gasteiger partial charge < -0.3 is 15.2 Å². The molecule has 0 spiro atoms. The predicted molar refractivity (Wildman–Crippen MR) is 49.3 cm³/mol. The zero-order valence-electron chi connectivity index (χ0n) is 8.76. The Morgan fingerprint density at radius 2 is 2.25 bits per heavy atom. The van der Waals surface area contributed by atoms with Crippen molar-refractivity contribution in [2.24, 2.45) is 0 Å². The van der Waals surface area contributed by atoms with Crippen molar-refractivity contribution in [2.75, 3.05) is 7.11 Å². The van der Waals surface area contributed by atoms with Gasteiger partial charge in [0.25, 0.3) is 0 Å². The minimum absolute atomic E-state index is 0.109. The summed E-state index contributed by atoms with van der Waals surface area (Å²) in [5.41, 5.74) is 0.845. The van der Waals surface area contributed by atoms with Gasteiger partial charge in [0.15, 0.2) is 0 Å². The molecule has 16 heavy (non-hydrogen) atoms. The molecular formula is C8H11N3O5. The van der Waals surface area contributed by atoms with Gasteiger partial charge in [-0.2, -0.15) is 0 Å². The van der Waals surface area contributed by atoms with Crippen LogP contribution >= 0.6 is 0 Å². The lowest BCUT2D eigenvalue weighted by molar-refractivity contribution is -0.153. The fraction of sp³-hybridized carbons (Fsp3) is 0.500. The number of aliphatic carboxylic acids is 1. The Kier molecular flexibility index (Phi) is 3.95. The van der Waals surface area contributed by atoms with Gasteiger partial charge in [0, 0.05) is 7.11 Å². The summed E-state index contributed by atoms with van der Waals surface area (Å²) in [6.45, 7) is 1.63. The zero-order valence-corrected chi connectivity index (χ0v) is 8.76. The molecule has 0 aliphatic carbocycles. The standard InChI is InChI=1S/C8H11N3O5/c1-4-5(11-16-10-4)3-6(12)9-7(15-2)8(13)14/h7H,3H2,1-2H3,(H,9,12)(H,13,14). The van der Waals surface area contributed by atoms with E-state index in [1.807, 2.05) is 0 Å². The Morgan fingerprint density at radius 1 is 1.56 bits per heavy atom. The van der Waals surface area contributed by atoms with Crippen LogP contribution in [0, 0.1) is 6.92 Å². The SMILES string of the molecule is COC(NC(=O)Cc1nonc1C)C(=O)O. The van der Waals surface area contributed by atoms with Crippen LogP contribution in [0.4, 0.5) is 0 Å². The van der Waals surface area contributed by atoms with Crippen molar-refractivity contribution in [2.45, 2.75) is 19.6 Å². The Morgan fingerprint density at radius 3 is 2.69 bits per heavy atom. The van der Waals surface area contributed by atoms with Crippen molar-refractivity contribution in [3.63, 3.8) is 0 Å². The number of methoxy groups -OCH3 is 1. The molecule has 1 unspecified atom stereocenters. The van der Waals surface area contributed by atoms with Crippen molar-refractivity contribution >= 4 is 11.9 Å². The van der Waals surface area contributed by atoms with Crippen LogP contribution in [0.25, 0.3) is 0 Å². The van der Waals surface area contributed by atoms with Gasteiger partial charge >= 0.3 is 5.97 Å². The minimum Gasteiger partial charge on any atom is -0.478 e. The number of nitrogens with one attached hydrogen (secondary N) is 1. The highest BCUT2D eigenvalue weighted by Crippen LogP contribution is 2.01. The highest BCUT2D eigenvalue weighted by Gasteiger charge is 2.20. The zero-order chi connectivity index (χ0) is 12.1. The molecule has 1 rings (SSSR count). The van der Waals surface area contributed by atoms with E-state index in [-0.39, 0.29) is 6.42 Å². The van der Waals surface area contributed by atoms with Crippen LogP contribution in [0.15, 0.2) is 4.63 Å². The lowest BCUT2D eigenvalue weighted by Gasteiger charge is -2.11. The number of aromatic nitrogens is 2. The summed E-state index contributed by atoms with van der Waals surface area (Å²) in [5.74, 6) is -1.81. The maximum Gasteiger partial charge on any atom is 0.354 e. The number of aryl methyl sites for hydroxylation is 1. The summed E-state index contributed by atoms with van der Waals surface area (Å²) in [7, 11) is 1.18. The lowest BCUT2D eigenvalue weighted by Crippen LogP contribution is -2.42. The minimum atomic E-state index is -1.37. The fourth-order valence-corrected chi connectivity index (χ4v) is 0.981. The average Bonchev–Trinajstić information content (AvgIpc) is 2.60. The smallest absolute Gasteiger partial charge is 0.354 e. The number of hydrogen-bond acceptors (Lipinski definition) is 6. The second-order valence-corrected chi connectivity index (χ2v) is 2.99. The summed E-state index contributed by atoms with van der Waals surface area (Å²) in [6, 6.07) is 0. The molecule has 0 saturated carbocycles. The molecule has 1 heterocycles. The predicted octanol–water partition coefficient (Wildman–Crippen LogP) is -0.906. The molecule has 8 nitrogen and oxygen atoms in total. The Balaban J connectivity index is 2.54. The average molecular weight is 229 g/mol. The van der Waals surface area contributed by atoms with E-state index in [4.69, 9.17) is 5.11 Å². The van der Waals surface area contributed by atoms with Gasteiger partial charge in [-0.25, -0.2) is 9.42 Å². The molecule has 88 valence electrons. The third-order valence-electron chi connectivity index (χ3n) is 1.83. The Bertz CT molecular complexity index is 389. The normalized spacial score (nSPS) is 12.1. The number of carbonyl (C=O) groups excluding carboxylic acids is 1. The topological polar surface area (TPSA) is 115 Å². The van der Waals surface area contributed by atoms with Crippen LogP contribution in [-0.2, 0) is 20.7 Å². The molecule has 8 heteroatoms. The number of carboxylic acids is 1. The van der Waals surface area contributed by atoms with Gasteiger partial charge in [-0.3, -0.25) is 4.79 Å². The van der Waals surface area contributed by atoms with Crippen molar-refractivity contribution < 1.29 is 24.1 Å². The number of rotatable bonds is 5. The molecular weight excluding hydrogens is 218 g/mol. The summed E-state index contributed by atoms with van der Waals surface area (Å²) in [4.78, 5) is 21.9. The van der Waals surface area contributed by atoms with Gasteiger partial charge in [0.05, 0.1) is 6.42 Å². The number of carboxylic acid groups (broad SMARTS) is 1. The summed E-state index contributed by atoms with van der Waals surface area (Å²) < 4.78 is 8.94. The van der Waals surface area contributed by atoms with Crippen LogP contribution in [-0.4, -0.2) is 40.6 Å². The van der Waals surface area contributed by atoms with Gasteiger partial charge in [-0.1, -0.05) is 10.3 Å². The first-order valence-corrected chi connectivity index (χ1v) is 4.37. The third-order valence-corrected chi connectivity index (χ3v) is 1.83. The van der Waals surface area contributed by atoms with E-state index in [1.165, 1.54) is 7.11 Å². The molecule has 1 amide bonds. The first-order chi connectivity index (χ1) is 7.54. The maximum atomic E-state index is 11.4. The van der Waals surface area contributed by atoms with Gasteiger partial charge in [-0.05, 0) is 6.92 Å². The van der Waals surface area contributed by atoms with E-state index in [2.05, 4.69) is 25.0 Å². The summed E-state index contributed by atoms with van der Waals surface area (Å²) in [5, 5.41) is 17.8. The largest absolute Gasteiger partial charge is 0.478 e. The molecule has 0 bridgehead atoms. The van der Waals surface area contributed by atoms with E-state index in [1.54, 1.807) is 6.92 Å². The van der Waals surface area contributed by atoms with Crippen molar-refractivity contribution in [1.29, 1.82) is 0 Å². The van der Waals surface area contributed by atoms with Gasteiger partial charge in [0.2, 0.25) is 12.1 Å². The first-order valence-electron chi connectivity index (χ1n) is 4.37. The highest BCUT2D eigenvalue weighted by molar-refractivity contribution is 5.83. The molecule has 0 fully saturated rings. The van der Waals surface area contributed by atoms with Crippen LogP contribution in [0.3, 0.4) is 0 Å². The molecule has 0 radical (unpaired) electrons. The summed E-state index contributed by atoms with van der Waals surface area (Å²) >= 11 is 0. The van der Waals surface area contributed by atoms with Crippen LogP contribution < -0.4 is 5.32 Å². The molecule has 1 aromatic heterocycles. The van der Waals surface area contributed by atoms with Crippen LogP contribution in [0.1, 0.15) is 11.4 Å². The van der Waals surface area contributed by atoms with Gasteiger partial charge in [-0.15, -0.1) is 0 Å².